The van der Waals surface area contributed by atoms with Crippen LogP contribution < -0.4 is 5.73 Å². The van der Waals surface area contributed by atoms with Crippen LogP contribution in [0.2, 0.25) is 0 Å². The number of thiophene rings is 1. The number of nitrogen functional groups attached to an aromatic ring is 1. The third kappa shape index (κ3) is 3.54. The highest BCUT2D eigenvalue weighted by molar-refractivity contribution is 9.10. The molecule has 3 rings (SSSR count). The van der Waals surface area contributed by atoms with Crippen LogP contribution in [0, 0.1) is 22.7 Å². The molecule has 25 heavy (non-hydrogen) atoms. The van der Waals surface area contributed by atoms with E-state index < -0.39 is 0 Å². The number of aromatic nitrogens is 1. The molecule has 0 aliphatic rings. The second-order valence-electron chi connectivity index (χ2n) is 5.01. The highest BCUT2D eigenvalue weighted by atomic mass is 79.9. The number of pyridine rings is 1. The third-order valence-electron chi connectivity index (χ3n) is 3.51. The fraction of sp³-hybridized carbons (Fsp3) is 0.0556. The first kappa shape index (κ1) is 17.5. The van der Waals surface area contributed by atoms with Crippen molar-refractivity contribution >= 4 is 44.8 Å². The van der Waals surface area contributed by atoms with Gasteiger partial charge in [0.2, 0.25) is 0 Å². The molecular formula is C18H11BrN4S2. The lowest BCUT2D eigenvalue weighted by Gasteiger charge is -2.12. The van der Waals surface area contributed by atoms with Crippen LogP contribution in [0.15, 0.2) is 51.3 Å². The van der Waals surface area contributed by atoms with E-state index in [9.17, 15) is 10.5 Å². The smallest absolute Gasteiger partial charge is 0.143 e. The number of nitriles is 2. The molecule has 0 saturated carbocycles. The van der Waals surface area contributed by atoms with E-state index in [-0.39, 0.29) is 11.4 Å². The molecule has 4 nitrogen and oxygen atoms in total. The topological polar surface area (TPSA) is 86.5 Å². The maximum atomic E-state index is 9.70. The van der Waals surface area contributed by atoms with E-state index in [2.05, 4.69) is 33.1 Å². The molecule has 0 aliphatic carbocycles. The number of nitrogens with two attached hydrogens (primary N) is 1. The molecule has 1 aromatic carbocycles. The largest absolute Gasteiger partial charge is 0.383 e. The summed E-state index contributed by atoms with van der Waals surface area (Å²) in [6.07, 6.45) is 0. The summed E-state index contributed by atoms with van der Waals surface area (Å²) in [7, 11) is 0. The predicted molar refractivity (Wildman–Crippen MR) is 105 cm³/mol. The molecule has 0 atom stereocenters. The average molecular weight is 427 g/mol. The van der Waals surface area contributed by atoms with E-state index in [1.165, 1.54) is 23.1 Å². The molecule has 2 aromatic heterocycles. The highest BCUT2D eigenvalue weighted by Gasteiger charge is 2.21. The Hall–Kier alpha value is -2.32. The molecule has 0 bridgehead atoms. The maximum absolute atomic E-state index is 9.70. The number of halogens is 1. The monoisotopic (exact) mass is 426 g/mol. The van der Waals surface area contributed by atoms with Crippen LogP contribution in [0.4, 0.5) is 5.82 Å². The van der Waals surface area contributed by atoms with Gasteiger partial charge in [-0.1, -0.05) is 40.2 Å². The number of thioether (sulfide) groups is 1. The minimum Gasteiger partial charge on any atom is -0.383 e. The van der Waals surface area contributed by atoms with E-state index in [4.69, 9.17) is 5.73 Å². The molecule has 0 saturated heterocycles. The van der Waals surface area contributed by atoms with Gasteiger partial charge in [-0.25, -0.2) is 4.98 Å². The Kier molecular flexibility index (Phi) is 5.40. The van der Waals surface area contributed by atoms with Crippen LogP contribution in [0.25, 0.3) is 10.4 Å². The van der Waals surface area contributed by atoms with Crippen molar-refractivity contribution in [2.45, 2.75) is 10.8 Å². The Morgan fingerprint density at radius 3 is 2.52 bits per heavy atom. The molecule has 122 valence electrons. The second kappa shape index (κ2) is 7.71. The zero-order valence-corrected chi connectivity index (χ0v) is 16.1. The van der Waals surface area contributed by atoms with Gasteiger partial charge in [-0.2, -0.15) is 10.5 Å². The highest BCUT2D eigenvalue weighted by Crippen LogP contribution is 2.38. The molecule has 0 unspecified atom stereocenters. The molecule has 2 heterocycles. The first-order valence-electron chi connectivity index (χ1n) is 7.19. The summed E-state index contributed by atoms with van der Waals surface area (Å²) in [5.74, 6) is 0.790. The van der Waals surface area contributed by atoms with Crippen LogP contribution >= 0.6 is 39.0 Å². The second-order valence-corrected chi connectivity index (χ2v) is 7.77. The molecule has 0 aliphatic heterocycles. The van der Waals surface area contributed by atoms with Crippen molar-refractivity contribution in [1.29, 1.82) is 10.5 Å². The van der Waals surface area contributed by atoms with Gasteiger partial charge in [-0.3, -0.25) is 0 Å². The number of benzene rings is 1. The van der Waals surface area contributed by atoms with E-state index >= 15 is 0 Å². The van der Waals surface area contributed by atoms with Crippen molar-refractivity contribution in [1.82, 2.24) is 4.98 Å². The standard InChI is InChI=1S/C18H11BrN4S2/c19-14-5-2-1-4-11(14)10-25-18-13(9-21)16(15-6-3-7-24-15)12(8-20)17(22)23-18/h1-7H,10H2,(H2,22,23). The van der Waals surface area contributed by atoms with Crippen LogP contribution in [0.3, 0.4) is 0 Å². The van der Waals surface area contributed by atoms with E-state index in [0.717, 1.165) is 14.9 Å². The molecule has 3 aromatic rings. The molecule has 0 fully saturated rings. The summed E-state index contributed by atoms with van der Waals surface area (Å²) >= 11 is 6.43. The van der Waals surface area contributed by atoms with E-state index in [1.807, 2.05) is 41.8 Å². The van der Waals surface area contributed by atoms with Crippen molar-refractivity contribution in [2.75, 3.05) is 5.73 Å². The Morgan fingerprint density at radius 1 is 1.12 bits per heavy atom. The van der Waals surface area contributed by atoms with Gasteiger partial charge in [0.1, 0.15) is 28.5 Å². The van der Waals surface area contributed by atoms with E-state index in [1.54, 1.807) is 0 Å². The van der Waals surface area contributed by atoms with Crippen LogP contribution in [-0.4, -0.2) is 4.98 Å². The molecule has 2 N–H and O–H groups in total. The summed E-state index contributed by atoms with van der Waals surface area (Å²) in [6.45, 7) is 0. The third-order valence-corrected chi connectivity index (χ3v) is 6.19. The molecule has 0 spiro atoms. The number of rotatable bonds is 4. The minimum absolute atomic E-state index is 0.152. The molecule has 0 radical (unpaired) electrons. The minimum atomic E-state index is 0.152. The van der Waals surface area contributed by atoms with Gasteiger partial charge < -0.3 is 5.73 Å². The zero-order chi connectivity index (χ0) is 17.8. The number of nitrogens with zero attached hydrogens (tertiary/aromatic N) is 3. The van der Waals surface area contributed by atoms with Gasteiger partial charge in [0.25, 0.3) is 0 Å². The van der Waals surface area contributed by atoms with Crippen molar-refractivity contribution in [3.8, 4) is 22.6 Å². The lowest BCUT2D eigenvalue weighted by Crippen LogP contribution is -2.02. The van der Waals surface area contributed by atoms with Crippen LogP contribution in [0.1, 0.15) is 16.7 Å². The van der Waals surface area contributed by atoms with Gasteiger partial charge in [0, 0.05) is 20.7 Å². The van der Waals surface area contributed by atoms with Gasteiger partial charge in [0.15, 0.2) is 0 Å². The molecule has 0 amide bonds. The maximum Gasteiger partial charge on any atom is 0.143 e. The first-order valence-corrected chi connectivity index (χ1v) is 9.85. The fourth-order valence-electron chi connectivity index (χ4n) is 2.33. The van der Waals surface area contributed by atoms with Crippen molar-refractivity contribution < 1.29 is 0 Å². The Balaban J connectivity index is 2.08. The summed E-state index contributed by atoms with van der Waals surface area (Å²) < 4.78 is 1.00. The summed E-state index contributed by atoms with van der Waals surface area (Å²) in [6, 6.07) is 16.0. The van der Waals surface area contributed by atoms with Gasteiger partial charge >= 0.3 is 0 Å². The zero-order valence-electron chi connectivity index (χ0n) is 12.9. The van der Waals surface area contributed by atoms with Gasteiger partial charge in [0.05, 0.1) is 5.56 Å². The van der Waals surface area contributed by atoms with Gasteiger partial charge in [-0.05, 0) is 23.1 Å². The Morgan fingerprint density at radius 2 is 1.88 bits per heavy atom. The average Bonchev–Trinajstić information content (AvgIpc) is 3.14. The van der Waals surface area contributed by atoms with Crippen molar-refractivity contribution in [2.24, 2.45) is 0 Å². The SMILES string of the molecule is N#Cc1c(N)nc(SCc2ccccc2Br)c(C#N)c1-c1cccs1. The molecule has 7 heteroatoms. The summed E-state index contributed by atoms with van der Waals surface area (Å²) in [5, 5.41) is 21.6. The lowest BCUT2D eigenvalue weighted by atomic mass is 10.0. The molecular weight excluding hydrogens is 416 g/mol. The van der Waals surface area contributed by atoms with Crippen molar-refractivity contribution in [3.63, 3.8) is 0 Å². The lowest BCUT2D eigenvalue weighted by molar-refractivity contribution is 1.11. The summed E-state index contributed by atoms with van der Waals surface area (Å²) in [5.41, 5.74) is 8.32. The van der Waals surface area contributed by atoms with Gasteiger partial charge in [-0.15, -0.1) is 23.1 Å². The number of hydrogen-bond donors (Lipinski definition) is 1. The van der Waals surface area contributed by atoms with Crippen LogP contribution in [0.5, 0.6) is 0 Å². The number of hydrogen-bond acceptors (Lipinski definition) is 6. The van der Waals surface area contributed by atoms with E-state index in [0.29, 0.717) is 21.9 Å². The number of anilines is 1. The Bertz CT molecular complexity index is 1000. The predicted octanol–water partition coefficient (Wildman–Crippen LogP) is 5.19. The fourth-order valence-corrected chi connectivity index (χ4v) is 4.72. The van der Waals surface area contributed by atoms with Crippen molar-refractivity contribution in [3.05, 3.63) is 62.9 Å². The first-order chi connectivity index (χ1) is 12.2. The summed E-state index contributed by atoms with van der Waals surface area (Å²) in [4.78, 5) is 5.15. The quantitative estimate of drug-likeness (QED) is 0.579. The Labute approximate surface area is 162 Å². The normalized spacial score (nSPS) is 10.2. The van der Waals surface area contributed by atoms with Crippen LogP contribution in [-0.2, 0) is 5.75 Å².